The van der Waals surface area contributed by atoms with Crippen molar-refractivity contribution in [3.05, 3.63) is 60.4 Å². The lowest BCUT2D eigenvalue weighted by Gasteiger charge is -2.35. The Bertz CT molecular complexity index is 1820. The van der Waals surface area contributed by atoms with E-state index < -0.39 is 17.6 Å². The van der Waals surface area contributed by atoms with Gasteiger partial charge in [0.25, 0.3) is 6.01 Å². The normalized spacial score (nSPS) is 17.8. The number of pyridine rings is 1. The number of fused-ring (bicyclic) bond motifs is 2. The molecule has 4 aromatic rings. The van der Waals surface area contributed by atoms with E-state index in [0.29, 0.717) is 69.1 Å². The minimum atomic E-state index is -0.726. The molecule has 3 aromatic heterocycles. The molecule has 292 valence electrons. The van der Waals surface area contributed by atoms with Gasteiger partial charge in [-0.25, -0.2) is 4.98 Å². The Morgan fingerprint density at radius 3 is 2.46 bits per heavy atom. The predicted octanol–water partition coefficient (Wildman–Crippen LogP) is 2.96. The molecule has 0 spiro atoms. The van der Waals surface area contributed by atoms with Crippen LogP contribution in [0.5, 0.6) is 11.5 Å². The number of aliphatic hydroxyl groups excluding tert-OH is 1. The summed E-state index contributed by atoms with van der Waals surface area (Å²) in [6.45, 7) is 12.2. The van der Waals surface area contributed by atoms with E-state index in [1.807, 2.05) is 70.4 Å². The molecule has 0 saturated carbocycles. The Morgan fingerprint density at radius 2 is 1.74 bits per heavy atom. The van der Waals surface area contributed by atoms with Gasteiger partial charge >= 0.3 is 0 Å². The van der Waals surface area contributed by atoms with Crippen molar-refractivity contribution in [3.63, 3.8) is 0 Å². The molecule has 0 aliphatic carbocycles. The molecule has 6 rings (SSSR count). The number of carbonyl (C=O) groups excluding carboxylic acids is 2. The van der Waals surface area contributed by atoms with Gasteiger partial charge < -0.3 is 52.9 Å². The van der Waals surface area contributed by atoms with Crippen LogP contribution in [0.3, 0.4) is 0 Å². The molecule has 16 heteroatoms. The number of anilines is 1. The first-order valence-electron chi connectivity index (χ1n) is 18.4. The second-order valence-corrected chi connectivity index (χ2v) is 14.6. The van der Waals surface area contributed by atoms with Gasteiger partial charge in [0, 0.05) is 44.1 Å². The second-order valence-electron chi connectivity index (χ2n) is 14.6. The number of hydrogen-bond acceptors (Lipinski definition) is 13. The fourth-order valence-corrected chi connectivity index (χ4v) is 6.35. The lowest BCUT2D eigenvalue weighted by atomic mass is 9.85. The van der Waals surface area contributed by atoms with E-state index in [2.05, 4.69) is 29.7 Å². The summed E-state index contributed by atoms with van der Waals surface area (Å²) in [6, 6.07) is 9.05. The number of amides is 2. The Labute approximate surface area is 314 Å². The molecule has 2 aliphatic rings. The molecule has 16 nitrogen and oxygen atoms in total. The maximum Gasteiger partial charge on any atom is 0.298 e. The first kappa shape index (κ1) is 38.9. The number of hydrogen-bond donors (Lipinski definition) is 2. The number of ether oxygens (including phenoxy) is 5. The van der Waals surface area contributed by atoms with Gasteiger partial charge in [-0.2, -0.15) is 4.98 Å². The number of carbonyl (C=O) groups is 2. The molecule has 2 aliphatic heterocycles. The molecular weight excluding hydrogens is 698 g/mol. The largest absolute Gasteiger partial charge is 0.490 e. The zero-order valence-electron chi connectivity index (χ0n) is 31.4. The minimum Gasteiger partial charge on any atom is -0.490 e. The molecular formula is C38H51N7O9. The number of likely N-dealkylation sites (tertiary alicyclic amines) is 1. The van der Waals surface area contributed by atoms with Gasteiger partial charge in [-0.05, 0) is 43.0 Å². The highest BCUT2D eigenvalue weighted by Gasteiger charge is 2.40. The van der Waals surface area contributed by atoms with Crippen molar-refractivity contribution >= 4 is 28.9 Å². The summed E-state index contributed by atoms with van der Waals surface area (Å²) in [5.41, 5.74) is 1.67. The number of aromatic nitrogens is 4. The minimum absolute atomic E-state index is 0.0789. The molecule has 2 amide bonds. The summed E-state index contributed by atoms with van der Waals surface area (Å²) in [5, 5.41) is 12.8. The van der Waals surface area contributed by atoms with Crippen molar-refractivity contribution in [2.24, 2.45) is 5.41 Å². The second kappa shape index (κ2) is 18.0. The summed E-state index contributed by atoms with van der Waals surface area (Å²) >= 11 is 0. The highest BCUT2D eigenvalue weighted by Crippen LogP contribution is 2.28. The molecule has 3 atom stereocenters. The van der Waals surface area contributed by atoms with Crippen molar-refractivity contribution in [1.29, 1.82) is 0 Å². The molecule has 2 N–H and O–H groups in total. The van der Waals surface area contributed by atoms with Crippen molar-refractivity contribution < 1.29 is 42.8 Å². The Hall–Kier alpha value is -4.77. The number of aliphatic hydroxyl groups is 1. The number of β-amino-alcohol motifs (C(OH)–C–C–N with tert-alkyl or cyclic N) is 1. The highest BCUT2D eigenvalue weighted by molar-refractivity contribution is 5.89. The van der Waals surface area contributed by atoms with Crippen LogP contribution in [0.4, 0.5) is 6.01 Å². The maximum absolute atomic E-state index is 13.2. The van der Waals surface area contributed by atoms with Gasteiger partial charge in [-0.3, -0.25) is 14.6 Å². The van der Waals surface area contributed by atoms with Crippen LogP contribution in [0.2, 0.25) is 0 Å². The summed E-state index contributed by atoms with van der Waals surface area (Å²) in [4.78, 5) is 43.0. The van der Waals surface area contributed by atoms with E-state index in [1.54, 1.807) is 11.1 Å². The summed E-state index contributed by atoms with van der Waals surface area (Å²) in [6.07, 6.45) is 5.44. The molecule has 0 radical (unpaired) electrons. The Morgan fingerprint density at radius 1 is 0.981 bits per heavy atom. The topological polar surface area (TPSA) is 176 Å². The van der Waals surface area contributed by atoms with Gasteiger partial charge in [-0.1, -0.05) is 20.8 Å². The van der Waals surface area contributed by atoms with E-state index in [0.717, 1.165) is 30.1 Å². The van der Waals surface area contributed by atoms with E-state index in [9.17, 15) is 14.7 Å². The van der Waals surface area contributed by atoms with E-state index in [1.165, 1.54) is 0 Å². The van der Waals surface area contributed by atoms with Crippen LogP contribution in [0.15, 0.2) is 53.3 Å². The van der Waals surface area contributed by atoms with Crippen LogP contribution in [0.1, 0.15) is 45.6 Å². The fraction of sp³-hybridized carbons (Fsp3) is 0.553. The molecule has 1 aromatic carbocycles. The van der Waals surface area contributed by atoms with Crippen LogP contribution in [0.25, 0.3) is 11.1 Å². The molecule has 0 unspecified atom stereocenters. The van der Waals surface area contributed by atoms with Crippen LogP contribution in [0, 0.1) is 5.41 Å². The molecule has 0 bridgehead atoms. The highest BCUT2D eigenvalue weighted by atomic mass is 16.6. The van der Waals surface area contributed by atoms with E-state index in [-0.39, 0.29) is 44.2 Å². The number of rotatable bonds is 18. The van der Waals surface area contributed by atoms with Crippen LogP contribution < -0.4 is 19.7 Å². The third kappa shape index (κ3) is 10.5. The molecule has 54 heavy (non-hydrogen) atoms. The molecule has 1 fully saturated rings. The average molecular weight is 750 g/mol. The maximum atomic E-state index is 13.2. The predicted molar refractivity (Wildman–Crippen MR) is 197 cm³/mol. The van der Waals surface area contributed by atoms with Crippen molar-refractivity contribution in [1.82, 2.24) is 29.7 Å². The van der Waals surface area contributed by atoms with Gasteiger partial charge in [0.05, 0.1) is 57.6 Å². The summed E-state index contributed by atoms with van der Waals surface area (Å²) in [7, 11) is 0. The van der Waals surface area contributed by atoms with Gasteiger partial charge in [-0.15, -0.1) is 0 Å². The van der Waals surface area contributed by atoms with E-state index >= 15 is 0 Å². The third-order valence-electron chi connectivity index (χ3n) is 9.28. The first-order chi connectivity index (χ1) is 26.0. The SMILES string of the molecule is C[C@@H]1C[C@@H](O)CN1C(=O)[C@@H](NC(=O)COCCOCCOCCOc1ccc(COc2ccc3oc(N4CCn5ccnc5C4)nc3c2)nc1)C(C)(C)C. The number of imidazole rings is 1. The van der Waals surface area contributed by atoms with Gasteiger partial charge in [0.1, 0.15) is 48.7 Å². The number of nitrogens with one attached hydrogen (secondary N) is 1. The van der Waals surface area contributed by atoms with Gasteiger partial charge in [0.2, 0.25) is 11.8 Å². The van der Waals surface area contributed by atoms with E-state index in [4.69, 9.17) is 28.1 Å². The summed E-state index contributed by atoms with van der Waals surface area (Å²) < 4.78 is 36.4. The first-order valence-corrected chi connectivity index (χ1v) is 18.4. The Balaban J connectivity index is 0.797. The molecule has 5 heterocycles. The smallest absolute Gasteiger partial charge is 0.298 e. The van der Waals surface area contributed by atoms with Crippen LogP contribution >= 0.6 is 0 Å². The lowest BCUT2D eigenvalue weighted by Crippen LogP contribution is -2.56. The monoisotopic (exact) mass is 749 g/mol. The van der Waals surface area contributed by atoms with Crippen molar-refractivity contribution in [2.45, 2.75) is 72.0 Å². The Kier molecular flexibility index (Phi) is 13.0. The van der Waals surface area contributed by atoms with Crippen LogP contribution in [-0.2, 0) is 43.5 Å². The van der Waals surface area contributed by atoms with Crippen molar-refractivity contribution in [2.75, 3.05) is 64.2 Å². The molecule has 1 saturated heterocycles. The number of benzene rings is 1. The van der Waals surface area contributed by atoms with Crippen molar-refractivity contribution in [3.8, 4) is 11.5 Å². The average Bonchev–Trinajstić information content (AvgIpc) is 3.89. The van der Waals surface area contributed by atoms with Crippen LogP contribution in [-0.4, -0.2) is 119 Å². The third-order valence-corrected chi connectivity index (χ3v) is 9.28. The quantitative estimate of drug-likeness (QED) is 0.142. The summed E-state index contributed by atoms with van der Waals surface area (Å²) in [5.74, 6) is 1.71. The lowest BCUT2D eigenvalue weighted by molar-refractivity contribution is -0.141. The fourth-order valence-electron chi connectivity index (χ4n) is 6.35. The number of oxazole rings is 1. The van der Waals surface area contributed by atoms with Gasteiger partial charge in [0.15, 0.2) is 5.58 Å². The zero-order valence-corrected chi connectivity index (χ0v) is 31.4. The number of nitrogens with zero attached hydrogens (tertiary/aromatic N) is 6. The zero-order chi connectivity index (χ0) is 38.1. The standard InChI is InChI=1S/C38H51N7O9/c1-26-19-28(46)22-45(26)36(48)35(38(2,3)4)42-34(47)25-51-16-15-49-13-14-50-17-18-52-30-6-5-27(40-21-30)24-53-29-7-8-32-31(20-29)41-37(54-32)44-12-11-43-10-9-39-33(43)23-44/h5-10,20-21,26,28,35,46H,11-19,22-25H2,1-4H3,(H,42,47)/t26-,28-,35-/m1/s1.